The SMILES string of the molecule is O=CC1(C(=O)O)CC(=O)CC(=O)C1. The van der Waals surface area contributed by atoms with Gasteiger partial charge in [-0.1, -0.05) is 0 Å². The molecule has 0 bridgehead atoms. The average Bonchev–Trinajstić information content (AvgIpc) is 2.02. The third-order valence-corrected chi connectivity index (χ3v) is 2.07. The Balaban J connectivity index is 2.99. The smallest absolute Gasteiger partial charge is 0.317 e. The van der Waals surface area contributed by atoms with Crippen LogP contribution in [0.3, 0.4) is 0 Å². The molecule has 5 nitrogen and oxygen atoms in total. The van der Waals surface area contributed by atoms with E-state index in [0.717, 1.165) is 0 Å². The predicted octanol–water partition coefficient (Wildman–Crippen LogP) is -0.422. The summed E-state index contributed by atoms with van der Waals surface area (Å²) in [6.07, 6.45) is -0.789. The van der Waals surface area contributed by atoms with Gasteiger partial charge in [0.25, 0.3) is 0 Å². The summed E-state index contributed by atoms with van der Waals surface area (Å²) < 4.78 is 0. The lowest BCUT2D eigenvalue weighted by Gasteiger charge is -2.25. The second kappa shape index (κ2) is 3.08. The molecule has 0 spiro atoms. The van der Waals surface area contributed by atoms with Crippen LogP contribution in [-0.4, -0.2) is 28.9 Å². The first kappa shape index (κ1) is 9.57. The number of carboxylic acid groups (broad SMARTS) is 1. The highest BCUT2D eigenvalue weighted by Crippen LogP contribution is 2.30. The Morgan fingerprint density at radius 3 is 2.08 bits per heavy atom. The minimum Gasteiger partial charge on any atom is -0.480 e. The van der Waals surface area contributed by atoms with E-state index in [1.54, 1.807) is 0 Å². The van der Waals surface area contributed by atoms with Crippen molar-refractivity contribution in [2.45, 2.75) is 19.3 Å². The lowest BCUT2D eigenvalue weighted by atomic mass is 9.74. The van der Waals surface area contributed by atoms with E-state index in [0.29, 0.717) is 0 Å². The van der Waals surface area contributed by atoms with Gasteiger partial charge < -0.3 is 9.90 Å². The zero-order chi connectivity index (χ0) is 10.1. The first-order valence-electron chi connectivity index (χ1n) is 3.73. The van der Waals surface area contributed by atoms with Crippen molar-refractivity contribution >= 4 is 23.8 Å². The molecule has 0 aromatic carbocycles. The highest BCUT2D eigenvalue weighted by molar-refractivity contribution is 6.10. The van der Waals surface area contributed by atoms with Gasteiger partial charge in [0.05, 0.1) is 6.42 Å². The van der Waals surface area contributed by atoms with Gasteiger partial charge in [0.15, 0.2) is 0 Å². The van der Waals surface area contributed by atoms with Gasteiger partial charge in [0.2, 0.25) is 0 Å². The molecule has 0 heterocycles. The van der Waals surface area contributed by atoms with Crippen molar-refractivity contribution in [2.75, 3.05) is 0 Å². The molecule has 1 aliphatic rings. The number of rotatable bonds is 2. The molecule has 5 heteroatoms. The maximum Gasteiger partial charge on any atom is 0.317 e. The molecule has 0 atom stereocenters. The molecule has 1 N–H and O–H groups in total. The minimum atomic E-state index is -1.80. The van der Waals surface area contributed by atoms with Crippen LogP contribution in [0.5, 0.6) is 0 Å². The molecule has 0 amide bonds. The van der Waals surface area contributed by atoms with Gasteiger partial charge in [-0.05, 0) is 0 Å². The van der Waals surface area contributed by atoms with Gasteiger partial charge in [0, 0.05) is 12.8 Å². The molecule has 70 valence electrons. The van der Waals surface area contributed by atoms with E-state index < -0.39 is 23.0 Å². The number of Topliss-reactive ketones (excluding diaryl/α,β-unsaturated/α-hetero) is 2. The Hall–Kier alpha value is -1.52. The van der Waals surface area contributed by atoms with Crippen LogP contribution in [0.2, 0.25) is 0 Å². The van der Waals surface area contributed by atoms with Crippen LogP contribution in [0, 0.1) is 5.41 Å². The van der Waals surface area contributed by atoms with Crippen LogP contribution < -0.4 is 0 Å². The van der Waals surface area contributed by atoms with Crippen LogP contribution in [0.15, 0.2) is 0 Å². The fraction of sp³-hybridized carbons (Fsp3) is 0.500. The fourth-order valence-electron chi connectivity index (χ4n) is 1.40. The van der Waals surface area contributed by atoms with Gasteiger partial charge in [-0.15, -0.1) is 0 Å². The summed E-state index contributed by atoms with van der Waals surface area (Å²) in [5, 5.41) is 8.69. The van der Waals surface area contributed by atoms with Crippen LogP contribution in [0.25, 0.3) is 0 Å². The number of carbonyl (C=O) groups is 4. The molecule has 0 unspecified atom stereocenters. The molecule has 1 rings (SSSR count). The quantitative estimate of drug-likeness (QED) is 0.465. The van der Waals surface area contributed by atoms with Crippen LogP contribution in [-0.2, 0) is 19.2 Å². The van der Waals surface area contributed by atoms with Gasteiger partial charge >= 0.3 is 5.97 Å². The Bertz CT molecular complexity index is 275. The lowest BCUT2D eigenvalue weighted by molar-refractivity contribution is -0.158. The maximum atomic E-state index is 10.9. The summed E-state index contributed by atoms with van der Waals surface area (Å²) >= 11 is 0. The molecule has 1 saturated carbocycles. The number of carboxylic acids is 1. The molecular weight excluding hydrogens is 176 g/mol. The predicted molar refractivity (Wildman–Crippen MR) is 40.0 cm³/mol. The topological polar surface area (TPSA) is 88.5 Å². The highest BCUT2D eigenvalue weighted by Gasteiger charge is 2.45. The van der Waals surface area contributed by atoms with Crippen molar-refractivity contribution in [1.82, 2.24) is 0 Å². The molecule has 13 heavy (non-hydrogen) atoms. The monoisotopic (exact) mass is 184 g/mol. The Kier molecular flexibility index (Phi) is 2.27. The average molecular weight is 184 g/mol. The maximum absolute atomic E-state index is 10.9. The van der Waals surface area contributed by atoms with Gasteiger partial charge in [-0.2, -0.15) is 0 Å². The van der Waals surface area contributed by atoms with Crippen LogP contribution >= 0.6 is 0 Å². The van der Waals surface area contributed by atoms with Crippen molar-refractivity contribution in [3.05, 3.63) is 0 Å². The highest BCUT2D eigenvalue weighted by atomic mass is 16.4. The third-order valence-electron chi connectivity index (χ3n) is 2.07. The standard InChI is InChI=1S/C8H8O5/c9-4-8(7(12)13)2-5(10)1-6(11)3-8/h4H,1-3H2,(H,12,13). The van der Waals surface area contributed by atoms with Crippen molar-refractivity contribution in [3.8, 4) is 0 Å². The largest absolute Gasteiger partial charge is 0.480 e. The normalized spacial score (nSPS) is 21.2. The third kappa shape index (κ3) is 1.63. The van der Waals surface area contributed by atoms with Crippen molar-refractivity contribution in [2.24, 2.45) is 5.41 Å². The van der Waals surface area contributed by atoms with Gasteiger partial charge in [-0.25, -0.2) is 0 Å². The Labute approximate surface area is 73.7 Å². The van der Waals surface area contributed by atoms with E-state index in [2.05, 4.69) is 0 Å². The van der Waals surface area contributed by atoms with Crippen molar-refractivity contribution < 1.29 is 24.3 Å². The zero-order valence-electron chi connectivity index (χ0n) is 6.78. The van der Waals surface area contributed by atoms with Crippen molar-refractivity contribution in [1.29, 1.82) is 0 Å². The molecule has 1 fully saturated rings. The second-order valence-corrected chi connectivity index (χ2v) is 3.19. The molecule has 0 aromatic rings. The lowest BCUT2D eigenvalue weighted by Crippen LogP contribution is -2.41. The number of carbonyl (C=O) groups excluding carboxylic acids is 3. The second-order valence-electron chi connectivity index (χ2n) is 3.19. The van der Waals surface area contributed by atoms with E-state index in [1.165, 1.54) is 0 Å². The number of aldehydes is 1. The molecule has 0 saturated heterocycles. The summed E-state index contributed by atoms with van der Waals surface area (Å²) in [7, 11) is 0. The summed E-state index contributed by atoms with van der Waals surface area (Å²) in [6, 6.07) is 0. The first-order chi connectivity index (χ1) is 6.00. The van der Waals surface area contributed by atoms with Crippen LogP contribution in [0.4, 0.5) is 0 Å². The molecule has 0 aromatic heterocycles. The zero-order valence-corrected chi connectivity index (χ0v) is 6.78. The van der Waals surface area contributed by atoms with E-state index in [9.17, 15) is 19.2 Å². The van der Waals surface area contributed by atoms with Gasteiger partial charge in [-0.3, -0.25) is 14.4 Å². The van der Waals surface area contributed by atoms with E-state index in [4.69, 9.17) is 5.11 Å². The fourth-order valence-corrected chi connectivity index (χ4v) is 1.40. The minimum absolute atomic E-state index is 0.185. The summed E-state index contributed by atoms with van der Waals surface area (Å²) in [4.78, 5) is 43.0. The molecular formula is C8H8O5. The number of aliphatic carboxylic acids is 1. The Morgan fingerprint density at radius 1 is 1.31 bits per heavy atom. The molecule has 0 radical (unpaired) electrons. The summed E-state index contributed by atoms with van der Waals surface area (Å²) in [5.74, 6) is -2.36. The van der Waals surface area contributed by atoms with Crippen LogP contribution in [0.1, 0.15) is 19.3 Å². The first-order valence-corrected chi connectivity index (χ1v) is 3.73. The summed E-state index contributed by atoms with van der Waals surface area (Å²) in [5.41, 5.74) is -1.80. The molecule has 1 aliphatic carbocycles. The van der Waals surface area contributed by atoms with E-state index in [1.807, 2.05) is 0 Å². The molecule has 0 aliphatic heterocycles. The summed E-state index contributed by atoms with van der Waals surface area (Å²) in [6.45, 7) is 0. The van der Waals surface area contributed by atoms with E-state index >= 15 is 0 Å². The number of hydrogen-bond acceptors (Lipinski definition) is 4. The number of hydrogen-bond donors (Lipinski definition) is 1. The van der Waals surface area contributed by atoms with Gasteiger partial charge in [0.1, 0.15) is 23.3 Å². The van der Waals surface area contributed by atoms with E-state index in [-0.39, 0.29) is 25.5 Å². The number of ketones is 2. The van der Waals surface area contributed by atoms with Crippen molar-refractivity contribution in [3.63, 3.8) is 0 Å². The Morgan fingerprint density at radius 2 is 1.77 bits per heavy atom.